The second kappa shape index (κ2) is 6.52. The van der Waals surface area contributed by atoms with Crippen molar-refractivity contribution >= 4 is 5.91 Å². The zero-order valence-corrected chi connectivity index (χ0v) is 11.5. The first-order valence-electron chi connectivity index (χ1n) is 6.80. The Morgan fingerprint density at radius 1 is 1.63 bits per heavy atom. The molecule has 2 heterocycles. The molecule has 1 amide bonds. The maximum atomic E-state index is 12.1. The molecule has 0 spiro atoms. The summed E-state index contributed by atoms with van der Waals surface area (Å²) in [6, 6.07) is 3.92. The lowest BCUT2D eigenvalue weighted by Crippen LogP contribution is -2.37. The predicted molar refractivity (Wildman–Crippen MR) is 73.4 cm³/mol. The van der Waals surface area contributed by atoms with Crippen LogP contribution in [0, 0.1) is 0 Å². The van der Waals surface area contributed by atoms with Crippen LogP contribution in [0.4, 0.5) is 0 Å². The largest absolute Gasteiger partial charge is 0.489 e. The first-order chi connectivity index (χ1) is 9.16. The lowest BCUT2D eigenvalue weighted by Gasteiger charge is -2.14. The van der Waals surface area contributed by atoms with Crippen LogP contribution in [0.1, 0.15) is 37.2 Å². The van der Waals surface area contributed by atoms with E-state index in [0.717, 1.165) is 13.0 Å². The van der Waals surface area contributed by atoms with Gasteiger partial charge in [-0.2, -0.15) is 0 Å². The number of aromatic nitrogens is 1. The lowest BCUT2D eigenvalue weighted by atomic mass is 10.2. The van der Waals surface area contributed by atoms with E-state index in [0.29, 0.717) is 24.0 Å². The Labute approximate surface area is 113 Å². The smallest absolute Gasteiger partial charge is 0.273 e. The molecule has 0 saturated carbocycles. The van der Waals surface area contributed by atoms with Crippen LogP contribution in [0.15, 0.2) is 18.3 Å². The second-order valence-corrected chi connectivity index (χ2v) is 5.02. The molecule has 5 nitrogen and oxygen atoms in total. The first-order valence-corrected chi connectivity index (χ1v) is 6.80. The monoisotopic (exact) mass is 263 g/mol. The highest BCUT2D eigenvalue weighted by atomic mass is 16.5. The molecule has 104 valence electrons. The third kappa shape index (κ3) is 3.92. The third-order valence-electron chi connectivity index (χ3n) is 3.02. The van der Waals surface area contributed by atoms with Crippen molar-refractivity contribution in [3.8, 4) is 5.75 Å². The quantitative estimate of drug-likeness (QED) is 0.841. The van der Waals surface area contributed by atoms with Gasteiger partial charge in [0.2, 0.25) is 0 Å². The summed E-state index contributed by atoms with van der Waals surface area (Å²) in [6.45, 7) is 5.52. The summed E-state index contributed by atoms with van der Waals surface area (Å²) in [5.41, 5.74) is 0.356. The van der Waals surface area contributed by atoms with Gasteiger partial charge in [-0.3, -0.25) is 4.79 Å². The SMILES string of the molecule is CC(C)Oc1cccnc1C(=O)NCC1CCCN1. The molecular formula is C14H21N3O2. The Bertz CT molecular complexity index is 428. The van der Waals surface area contributed by atoms with Gasteiger partial charge in [0.1, 0.15) is 0 Å². The number of carbonyl (C=O) groups is 1. The Morgan fingerprint density at radius 2 is 2.47 bits per heavy atom. The maximum absolute atomic E-state index is 12.1. The highest BCUT2D eigenvalue weighted by Crippen LogP contribution is 2.16. The zero-order valence-electron chi connectivity index (χ0n) is 11.5. The number of ether oxygens (including phenoxy) is 1. The molecule has 1 aromatic heterocycles. The van der Waals surface area contributed by atoms with Gasteiger partial charge in [-0.05, 0) is 45.4 Å². The van der Waals surface area contributed by atoms with Crippen LogP contribution >= 0.6 is 0 Å². The molecule has 0 bridgehead atoms. The minimum atomic E-state index is -0.176. The fourth-order valence-electron chi connectivity index (χ4n) is 2.14. The topological polar surface area (TPSA) is 63.2 Å². The summed E-state index contributed by atoms with van der Waals surface area (Å²) < 4.78 is 5.60. The lowest BCUT2D eigenvalue weighted by molar-refractivity contribution is 0.0939. The molecule has 1 aliphatic heterocycles. The fraction of sp³-hybridized carbons (Fsp3) is 0.571. The summed E-state index contributed by atoms with van der Waals surface area (Å²) in [4.78, 5) is 16.2. The summed E-state index contributed by atoms with van der Waals surface area (Å²) in [6.07, 6.45) is 3.91. The molecule has 0 aromatic carbocycles. The number of hydrogen-bond acceptors (Lipinski definition) is 4. The molecule has 1 aliphatic rings. The van der Waals surface area contributed by atoms with Crippen LogP contribution in [-0.2, 0) is 0 Å². The summed E-state index contributed by atoms with van der Waals surface area (Å²) in [5.74, 6) is 0.360. The van der Waals surface area contributed by atoms with E-state index in [1.807, 2.05) is 13.8 Å². The van der Waals surface area contributed by atoms with Gasteiger partial charge in [0.05, 0.1) is 6.10 Å². The number of rotatable bonds is 5. The van der Waals surface area contributed by atoms with E-state index in [4.69, 9.17) is 4.74 Å². The van der Waals surface area contributed by atoms with Crippen molar-refractivity contribution in [1.29, 1.82) is 0 Å². The molecule has 19 heavy (non-hydrogen) atoms. The summed E-state index contributed by atoms with van der Waals surface area (Å²) >= 11 is 0. The van der Waals surface area contributed by atoms with Crippen molar-refractivity contribution in [2.24, 2.45) is 0 Å². The number of amides is 1. The molecule has 1 aromatic rings. The number of nitrogens with zero attached hydrogens (tertiary/aromatic N) is 1. The van der Waals surface area contributed by atoms with Gasteiger partial charge >= 0.3 is 0 Å². The minimum absolute atomic E-state index is 0.0206. The van der Waals surface area contributed by atoms with Gasteiger partial charge in [-0.25, -0.2) is 4.98 Å². The van der Waals surface area contributed by atoms with Crippen LogP contribution in [0.25, 0.3) is 0 Å². The van der Waals surface area contributed by atoms with Gasteiger partial charge < -0.3 is 15.4 Å². The average Bonchev–Trinajstić information content (AvgIpc) is 2.89. The molecule has 0 radical (unpaired) electrons. The molecule has 2 N–H and O–H groups in total. The highest BCUT2D eigenvalue weighted by molar-refractivity contribution is 5.94. The maximum Gasteiger partial charge on any atom is 0.273 e. The van der Waals surface area contributed by atoms with E-state index < -0.39 is 0 Å². The van der Waals surface area contributed by atoms with E-state index in [-0.39, 0.29) is 12.0 Å². The van der Waals surface area contributed by atoms with Crippen LogP contribution < -0.4 is 15.4 Å². The summed E-state index contributed by atoms with van der Waals surface area (Å²) in [7, 11) is 0. The molecule has 0 aliphatic carbocycles. The van der Waals surface area contributed by atoms with Crippen molar-refractivity contribution in [2.45, 2.75) is 38.8 Å². The normalized spacial score (nSPS) is 18.6. The van der Waals surface area contributed by atoms with E-state index in [2.05, 4.69) is 15.6 Å². The van der Waals surface area contributed by atoms with Gasteiger partial charge in [0.25, 0.3) is 5.91 Å². The Hall–Kier alpha value is -1.62. The molecular weight excluding hydrogens is 242 g/mol. The minimum Gasteiger partial charge on any atom is -0.489 e. The van der Waals surface area contributed by atoms with Crippen molar-refractivity contribution < 1.29 is 9.53 Å². The second-order valence-electron chi connectivity index (χ2n) is 5.02. The van der Waals surface area contributed by atoms with Crippen LogP contribution in [0.5, 0.6) is 5.75 Å². The van der Waals surface area contributed by atoms with Gasteiger partial charge in [-0.15, -0.1) is 0 Å². The standard InChI is InChI=1S/C14H21N3O2/c1-10(2)19-12-6-4-8-16-13(12)14(18)17-9-11-5-3-7-15-11/h4,6,8,10-11,15H,3,5,7,9H2,1-2H3,(H,17,18). The molecule has 1 saturated heterocycles. The van der Waals surface area contributed by atoms with Gasteiger partial charge in [0.15, 0.2) is 11.4 Å². The van der Waals surface area contributed by atoms with Crippen LogP contribution in [-0.4, -0.2) is 36.1 Å². The van der Waals surface area contributed by atoms with Gasteiger partial charge in [-0.1, -0.05) is 0 Å². The van der Waals surface area contributed by atoms with Gasteiger partial charge in [0, 0.05) is 18.8 Å². The zero-order chi connectivity index (χ0) is 13.7. The Morgan fingerprint density at radius 3 is 3.16 bits per heavy atom. The van der Waals surface area contributed by atoms with Crippen molar-refractivity contribution in [3.63, 3.8) is 0 Å². The van der Waals surface area contributed by atoms with Crippen molar-refractivity contribution in [2.75, 3.05) is 13.1 Å². The van der Waals surface area contributed by atoms with E-state index in [9.17, 15) is 4.79 Å². The molecule has 2 rings (SSSR count). The summed E-state index contributed by atoms with van der Waals surface area (Å²) in [5, 5.41) is 6.25. The number of nitrogens with one attached hydrogen (secondary N) is 2. The Kier molecular flexibility index (Phi) is 4.74. The fourth-order valence-corrected chi connectivity index (χ4v) is 2.14. The van der Waals surface area contributed by atoms with E-state index in [1.54, 1.807) is 18.3 Å². The van der Waals surface area contributed by atoms with Crippen molar-refractivity contribution in [3.05, 3.63) is 24.0 Å². The van der Waals surface area contributed by atoms with Crippen molar-refractivity contribution in [1.82, 2.24) is 15.6 Å². The highest BCUT2D eigenvalue weighted by Gasteiger charge is 2.18. The number of pyridine rings is 1. The molecule has 1 unspecified atom stereocenters. The predicted octanol–water partition coefficient (Wildman–Crippen LogP) is 1.35. The van der Waals surface area contributed by atoms with Crippen LogP contribution in [0.3, 0.4) is 0 Å². The van der Waals surface area contributed by atoms with E-state index in [1.165, 1.54) is 6.42 Å². The number of carbonyl (C=O) groups excluding carboxylic acids is 1. The molecule has 1 atom stereocenters. The number of hydrogen-bond donors (Lipinski definition) is 2. The molecule has 5 heteroatoms. The third-order valence-corrected chi connectivity index (χ3v) is 3.02. The van der Waals surface area contributed by atoms with Crippen LogP contribution in [0.2, 0.25) is 0 Å². The Balaban J connectivity index is 1.97. The van der Waals surface area contributed by atoms with E-state index >= 15 is 0 Å². The average molecular weight is 263 g/mol. The molecule has 1 fully saturated rings. The first kappa shape index (κ1) is 13.8.